The van der Waals surface area contributed by atoms with E-state index in [1.165, 1.54) is 11.1 Å². The number of piperidine rings is 1. The highest BCUT2D eigenvalue weighted by atomic mass is 79.9. The molecular weight excluding hydrogens is 456 g/mol. The maximum atomic E-state index is 13.1. The summed E-state index contributed by atoms with van der Waals surface area (Å²) in [5.41, 5.74) is 3.59. The number of hydrogen-bond acceptors (Lipinski definition) is 5. The molecule has 1 aromatic heterocycles. The molecule has 2 aromatic carbocycles. The van der Waals surface area contributed by atoms with Gasteiger partial charge in [0.1, 0.15) is 0 Å². The molecule has 1 saturated heterocycles. The normalized spacial score (nSPS) is 17.5. The molecule has 1 amide bonds. The van der Waals surface area contributed by atoms with E-state index in [1.807, 2.05) is 29.2 Å². The smallest absolute Gasteiger partial charge is 0.241 e. The van der Waals surface area contributed by atoms with Crippen LogP contribution in [0, 0.1) is 5.92 Å². The Morgan fingerprint density at radius 2 is 1.87 bits per heavy atom. The average Bonchev–Trinajstić information content (AvgIpc) is 3.27. The topological polar surface area (TPSA) is 62.5 Å². The molecule has 3 heterocycles. The van der Waals surface area contributed by atoms with Crippen molar-refractivity contribution in [2.45, 2.75) is 32.4 Å². The van der Waals surface area contributed by atoms with Crippen LogP contribution >= 0.6 is 15.9 Å². The van der Waals surface area contributed by atoms with Gasteiger partial charge in [-0.2, -0.15) is 4.98 Å². The highest BCUT2D eigenvalue weighted by Gasteiger charge is 2.30. The van der Waals surface area contributed by atoms with Crippen molar-refractivity contribution in [2.24, 2.45) is 5.92 Å². The Kier molecular flexibility index (Phi) is 5.87. The summed E-state index contributed by atoms with van der Waals surface area (Å²) >= 11 is 3.47. The molecule has 1 fully saturated rings. The Balaban J connectivity index is 1.15. The molecule has 5 rings (SSSR count). The number of carbonyl (C=O) groups excluding carboxylic acids is 1. The van der Waals surface area contributed by atoms with E-state index in [2.05, 4.69) is 55.2 Å². The minimum atomic E-state index is 0.112. The van der Waals surface area contributed by atoms with Gasteiger partial charge < -0.3 is 9.42 Å². The third-order valence-corrected chi connectivity index (χ3v) is 6.78. The summed E-state index contributed by atoms with van der Waals surface area (Å²) in [4.78, 5) is 22.0. The van der Waals surface area contributed by atoms with Crippen molar-refractivity contribution in [1.29, 1.82) is 0 Å². The maximum absolute atomic E-state index is 13.1. The lowest BCUT2D eigenvalue weighted by Crippen LogP contribution is -2.44. The Morgan fingerprint density at radius 1 is 1.06 bits per heavy atom. The largest absolute Gasteiger partial charge is 0.338 e. The van der Waals surface area contributed by atoms with E-state index in [0.717, 1.165) is 55.5 Å². The van der Waals surface area contributed by atoms with Gasteiger partial charge in [-0.25, -0.2) is 0 Å². The Morgan fingerprint density at radius 3 is 2.68 bits per heavy atom. The summed E-state index contributed by atoms with van der Waals surface area (Å²) in [6.45, 7) is 3.94. The number of benzene rings is 2. The quantitative estimate of drug-likeness (QED) is 0.556. The van der Waals surface area contributed by atoms with Crippen molar-refractivity contribution in [3.05, 3.63) is 70.0 Å². The molecule has 31 heavy (non-hydrogen) atoms. The first-order chi connectivity index (χ1) is 15.2. The van der Waals surface area contributed by atoms with Gasteiger partial charge in [0.15, 0.2) is 0 Å². The molecule has 0 atom stereocenters. The number of nitrogens with zero attached hydrogens (tertiary/aromatic N) is 4. The first-order valence-corrected chi connectivity index (χ1v) is 11.6. The lowest BCUT2D eigenvalue weighted by atomic mass is 9.93. The molecule has 2 aliphatic heterocycles. The van der Waals surface area contributed by atoms with Crippen LogP contribution in [0.5, 0.6) is 0 Å². The van der Waals surface area contributed by atoms with Crippen LogP contribution in [0.1, 0.15) is 29.9 Å². The fraction of sp³-hybridized carbons (Fsp3) is 0.375. The fourth-order valence-corrected chi connectivity index (χ4v) is 4.93. The van der Waals surface area contributed by atoms with Crippen LogP contribution in [0.2, 0.25) is 0 Å². The van der Waals surface area contributed by atoms with E-state index in [-0.39, 0.29) is 5.92 Å². The van der Waals surface area contributed by atoms with Gasteiger partial charge in [-0.3, -0.25) is 9.69 Å². The third kappa shape index (κ3) is 4.57. The maximum Gasteiger partial charge on any atom is 0.241 e. The summed E-state index contributed by atoms with van der Waals surface area (Å²) in [5.74, 6) is 1.64. The molecule has 0 spiro atoms. The zero-order valence-corrected chi connectivity index (χ0v) is 18.9. The van der Waals surface area contributed by atoms with Gasteiger partial charge in [0, 0.05) is 29.0 Å². The standard InChI is InChI=1S/C24H25BrN4O2/c25-21-7-3-6-19(14-21)23-26-22(31-27-23)16-28-11-8-18(9-12-28)24(30)29-13-10-17-4-1-2-5-20(17)15-29/h1-7,14,18H,8-13,15-16H2. The summed E-state index contributed by atoms with van der Waals surface area (Å²) in [6, 6.07) is 16.3. The van der Waals surface area contributed by atoms with E-state index >= 15 is 0 Å². The van der Waals surface area contributed by atoms with Gasteiger partial charge in [0.05, 0.1) is 6.54 Å². The SMILES string of the molecule is O=C(C1CCN(Cc2nc(-c3cccc(Br)c3)no2)CC1)N1CCc2ccccc2C1. The number of amides is 1. The monoisotopic (exact) mass is 480 g/mol. The summed E-state index contributed by atoms with van der Waals surface area (Å²) < 4.78 is 6.46. The van der Waals surface area contributed by atoms with Crippen LogP contribution in [0.25, 0.3) is 11.4 Å². The van der Waals surface area contributed by atoms with E-state index in [9.17, 15) is 4.79 Å². The minimum Gasteiger partial charge on any atom is -0.338 e. The third-order valence-electron chi connectivity index (χ3n) is 6.29. The van der Waals surface area contributed by atoms with Gasteiger partial charge in [-0.15, -0.1) is 0 Å². The molecular formula is C24H25BrN4O2. The predicted molar refractivity (Wildman–Crippen MR) is 121 cm³/mol. The Labute approximate surface area is 190 Å². The van der Waals surface area contributed by atoms with Crippen LogP contribution in [0.15, 0.2) is 57.5 Å². The van der Waals surface area contributed by atoms with Crippen LogP contribution in [-0.2, 0) is 24.3 Å². The van der Waals surface area contributed by atoms with E-state index in [4.69, 9.17) is 4.52 Å². The van der Waals surface area contributed by atoms with Gasteiger partial charge in [-0.05, 0) is 55.6 Å². The molecule has 0 aliphatic carbocycles. The second-order valence-corrected chi connectivity index (χ2v) is 9.27. The number of likely N-dealkylation sites (tertiary alicyclic amines) is 1. The van der Waals surface area contributed by atoms with Crippen LogP contribution in [0.3, 0.4) is 0 Å². The van der Waals surface area contributed by atoms with Gasteiger partial charge >= 0.3 is 0 Å². The minimum absolute atomic E-state index is 0.112. The number of aromatic nitrogens is 2. The summed E-state index contributed by atoms with van der Waals surface area (Å²) in [5, 5.41) is 4.12. The highest BCUT2D eigenvalue weighted by Crippen LogP contribution is 2.26. The predicted octanol–water partition coefficient (Wildman–Crippen LogP) is 4.30. The van der Waals surface area contributed by atoms with Crippen LogP contribution in [-0.4, -0.2) is 45.5 Å². The van der Waals surface area contributed by atoms with E-state index in [0.29, 0.717) is 24.2 Å². The Bertz CT molecular complexity index is 1070. The second-order valence-electron chi connectivity index (χ2n) is 8.35. The Hall–Kier alpha value is -2.51. The van der Waals surface area contributed by atoms with Crippen molar-refractivity contribution in [1.82, 2.24) is 19.9 Å². The summed E-state index contributed by atoms with van der Waals surface area (Å²) in [7, 11) is 0. The molecule has 6 nitrogen and oxygen atoms in total. The van der Waals surface area contributed by atoms with Crippen LogP contribution < -0.4 is 0 Å². The van der Waals surface area contributed by atoms with Gasteiger partial charge in [-0.1, -0.05) is 57.5 Å². The van der Waals surface area contributed by atoms with E-state index in [1.54, 1.807) is 0 Å². The van der Waals surface area contributed by atoms with Crippen molar-refractivity contribution >= 4 is 21.8 Å². The molecule has 0 radical (unpaired) electrons. The van der Waals surface area contributed by atoms with E-state index < -0.39 is 0 Å². The number of halogens is 1. The first kappa shape index (κ1) is 20.4. The zero-order valence-electron chi connectivity index (χ0n) is 17.3. The lowest BCUT2D eigenvalue weighted by molar-refractivity contribution is -0.138. The average molecular weight is 481 g/mol. The molecule has 160 valence electrons. The molecule has 0 N–H and O–H groups in total. The highest BCUT2D eigenvalue weighted by molar-refractivity contribution is 9.10. The zero-order chi connectivity index (χ0) is 21.2. The van der Waals surface area contributed by atoms with Crippen molar-refractivity contribution < 1.29 is 9.32 Å². The molecule has 7 heteroatoms. The first-order valence-electron chi connectivity index (χ1n) is 10.8. The second kappa shape index (κ2) is 8.93. The van der Waals surface area contributed by atoms with Crippen molar-refractivity contribution in [3.63, 3.8) is 0 Å². The summed E-state index contributed by atoms with van der Waals surface area (Å²) in [6.07, 6.45) is 2.71. The molecule has 0 unspecified atom stereocenters. The van der Waals surface area contributed by atoms with Gasteiger partial charge in [0.2, 0.25) is 17.6 Å². The molecule has 0 bridgehead atoms. The lowest BCUT2D eigenvalue weighted by Gasteiger charge is -2.35. The number of rotatable bonds is 4. The number of fused-ring (bicyclic) bond motifs is 1. The molecule has 3 aromatic rings. The van der Waals surface area contributed by atoms with Gasteiger partial charge in [0.25, 0.3) is 0 Å². The van der Waals surface area contributed by atoms with Crippen LogP contribution in [0.4, 0.5) is 0 Å². The molecule has 2 aliphatic rings. The fourth-order valence-electron chi connectivity index (χ4n) is 4.54. The van der Waals surface area contributed by atoms with Crippen molar-refractivity contribution in [3.8, 4) is 11.4 Å². The number of carbonyl (C=O) groups is 1. The number of hydrogen-bond donors (Lipinski definition) is 0. The molecule has 0 saturated carbocycles. The van der Waals surface area contributed by atoms with Crippen molar-refractivity contribution in [2.75, 3.05) is 19.6 Å².